The molecule has 1 rings (SSSR count). The second-order valence-electron chi connectivity index (χ2n) is 5.80. The van der Waals surface area contributed by atoms with Gasteiger partial charge in [-0.1, -0.05) is 39.0 Å². The van der Waals surface area contributed by atoms with Crippen LogP contribution in [0.5, 0.6) is 11.5 Å². The van der Waals surface area contributed by atoms with Gasteiger partial charge >= 0.3 is 0 Å². The molecule has 0 radical (unpaired) electrons. The van der Waals surface area contributed by atoms with Crippen LogP contribution in [0.1, 0.15) is 51.0 Å². The van der Waals surface area contributed by atoms with Gasteiger partial charge < -0.3 is 14.8 Å². The molecular formula is C20H28N2O3. The van der Waals surface area contributed by atoms with E-state index in [1.54, 1.807) is 25.3 Å². The summed E-state index contributed by atoms with van der Waals surface area (Å²) in [5.41, 5.74) is 0.726. The molecule has 0 bridgehead atoms. The summed E-state index contributed by atoms with van der Waals surface area (Å²) in [7, 11) is 3.11. The number of hydrogen-bond acceptors (Lipinski definition) is 4. The monoisotopic (exact) mass is 344 g/mol. The van der Waals surface area contributed by atoms with Gasteiger partial charge in [-0.25, -0.2) is 0 Å². The smallest absolute Gasteiger partial charge is 0.261 e. The van der Waals surface area contributed by atoms with Crippen molar-refractivity contribution in [2.75, 3.05) is 20.8 Å². The highest BCUT2D eigenvalue weighted by atomic mass is 16.5. The molecule has 1 aromatic carbocycles. The van der Waals surface area contributed by atoms with E-state index in [0.717, 1.165) is 12.8 Å². The maximum absolute atomic E-state index is 12.2. The highest BCUT2D eigenvalue weighted by molar-refractivity contribution is 6.02. The number of methoxy groups -OCH3 is 2. The highest BCUT2D eigenvalue weighted by Gasteiger charge is 2.11. The van der Waals surface area contributed by atoms with E-state index in [-0.39, 0.29) is 11.5 Å². The Balaban J connectivity index is 2.61. The fraction of sp³-hybridized carbons (Fsp3) is 0.500. The van der Waals surface area contributed by atoms with Crippen LogP contribution in [0.4, 0.5) is 0 Å². The first-order valence-electron chi connectivity index (χ1n) is 8.78. The fourth-order valence-electron chi connectivity index (χ4n) is 2.44. The number of nitriles is 1. The summed E-state index contributed by atoms with van der Waals surface area (Å²) in [6, 6.07) is 7.20. The van der Waals surface area contributed by atoms with Gasteiger partial charge in [-0.05, 0) is 24.6 Å². The van der Waals surface area contributed by atoms with Crippen molar-refractivity contribution in [1.29, 1.82) is 5.26 Å². The minimum absolute atomic E-state index is 0.0643. The molecule has 0 fully saturated rings. The van der Waals surface area contributed by atoms with E-state index in [2.05, 4.69) is 12.2 Å². The third-order valence-electron chi connectivity index (χ3n) is 3.92. The van der Waals surface area contributed by atoms with Gasteiger partial charge in [0.1, 0.15) is 23.1 Å². The normalized spacial score (nSPS) is 10.9. The average Bonchev–Trinajstić information content (AvgIpc) is 2.65. The van der Waals surface area contributed by atoms with Gasteiger partial charge in [-0.2, -0.15) is 5.26 Å². The Morgan fingerprint density at radius 3 is 2.52 bits per heavy atom. The van der Waals surface area contributed by atoms with Crippen LogP contribution in [-0.2, 0) is 4.79 Å². The number of nitrogens with zero attached hydrogens (tertiary/aromatic N) is 1. The van der Waals surface area contributed by atoms with Crippen LogP contribution in [0.3, 0.4) is 0 Å². The average molecular weight is 344 g/mol. The van der Waals surface area contributed by atoms with Gasteiger partial charge in [0, 0.05) is 18.2 Å². The maximum Gasteiger partial charge on any atom is 0.261 e. The van der Waals surface area contributed by atoms with Gasteiger partial charge in [-0.15, -0.1) is 0 Å². The molecule has 0 aliphatic carbocycles. The van der Waals surface area contributed by atoms with E-state index in [1.807, 2.05) is 6.07 Å². The number of amides is 1. The van der Waals surface area contributed by atoms with Crippen LogP contribution < -0.4 is 14.8 Å². The first-order valence-corrected chi connectivity index (χ1v) is 8.78. The summed E-state index contributed by atoms with van der Waals surface area (Å²) in [5, 5.41) is 12.1. The molecule has 1 aromatic rings. The Morgan fingerprint density at radius 2 is 1.88 bits per heavy atom. The highest BCUT2D eigenvalue weighted by Crippen LogP contribution is 2.26. The number of ether oxygens (including phenoxy) is 2. The second-order valence-corrected chi connectivity index (χ2v) is 5.80. The van der Waals surface area contributed by atoms with Gasteiger partial charge in [0.25, 0.3) is 5.91 Å². The number of hydrogen-bond donors (Lipinski definition) is 1. The van der Waals surface area contributed by atoms with Gasteiger partial charge in [0.05, 0.1) is 14.2 Å². The van der Waals surface area contributed by atoms with Crippen molar-refractivity contribution in [1.82, 2.24) is 5.32 Å². The molecule has 0 aromatic heterocycles. The first-order chi connectivity index (χ1) is 12.2. The molecule has 136 valence electrons. The van der Waals surface area contributed by atoms with Crippen LogP contribution in [0, 0.1) is 11.3 Å². The minimum atomic E-state index is -0.353. The van der Waals surface area contributed by atoms with Crippen LogP contribution in [0.15, 0.2) is 23.8 Å². The largest absolute Gasteiger partial charge is 0.497 e. The predicted molar refractivity (Wildman–Crippen MR) is 99.5 cm³/mol. The van der Waals surface area contributed by atoms with Gasteiger partial charge in [0.15, 0.2) is 0 Å². The van der Waals surface area contributed by atoms with Crippen molar-refractivity contribution in [3.63, 3.8) is 0 Å². The van der Waals surface area contributed by atoms with E-state index in [9.17, 15) is 10.1 Å². The van der Waals surface area contributed by atoms with Gasteiger partial charge in [0.2, 0.25) is 0 Å². The fourth-order valence-corrected chi connectivity index (χ4v) is 2.44. The molecule has 1 N–H and O–H groups in total. The molecule has 1 amide bonds. The molecule has 0 saturated heterocycles. The Bertz CT molecular complexity index is 618. The summed E-state index contributed by atoms with van der Waals surface area (Å²) in [5.74, 6) is 0.852. The number of carbonyl (C=O) groups is 1. The molecule has 5 nitrogen and oxygen atoms in total. The number of carbonyl (C=O) groups excluding carboxylic acids is 1. The number of rotatable bonds is 11. The summed E-state index contributed by atoms with van der Waals surface area (Å²) in [4.78, 5) is 12.2. The Kier molecular flexibility index (Phi) is 9.84. The predicted octanol–water partition coefficient (Wildman–Crippen LogP) is 4.09. The van der Waals surface area contributed by atoms with Crippen LogP contribution in [0.2, 0.25) is 0 Å². The Labute approximate surface area is 150 Å². The summed E-state index contributed by atoms with van der Waals surface area (Å²) in [6.07, 6.45) is 8.48. The van der Waals surface area contributed by atoms with Crippen molar-refractivity contribution < 1.29 is 14.3 Å². The lowest BCUT2D eigenvalue weighted by atomic mass is 10.1. The zero-order chi connectivity index (χ0) is 18.5. The van der Waals surface area contributed by atoms with Crippen LogP contribution in [0.25, 0.3) is 6.08 Å². The lowest BCUT2D eigenvalue weighted by molar-refractivity contribution is -0.117. The summed E-state index contributed by atoms with van der Waals surface area (Å²) in [6.45, 7) is 2.78. The van der Waals surface area contributed by atoms with Crippen LogP contribution >= 0.6 is 0 Å². The van der Waals surface area contributed by atoms with E-state index < -0.39 is 0 Å². The first kappa shape index (κ1) is 20.6. The number of benzene rings is 1. The SMILES string of the molecule is CCCCCCCCNC(=O)/C(C#N)=C\c1ccc(OC)cc1OC. The Hall–Kier alpha value is -2.48. The van der Waals surface area contributed by atoms with Crippen molar-refractivity contribution in [3.8, 4) is 17.6 Å². The topological polar surface area (TPSA) is 71.4 Å². The zero-order valence-electron chi connectivity index (χ0n) is 15.4. The summed E-state index contributed by atoms with van der Waals surface area (Å²) < 4.78 is 10.4. The zero-order valence-corrected chi connectivity index (χ0v) is 15.4. The van der Waals surface area contributed by atoms with Crippen molar-refractivity contribution >= 4 is 12.0 Å². The minimum Gasteiger partial charge on any atom is -0.497 e. The lowest BCUT2D eigenvalue weighted by Crippen LogP contribution is -2.25. The van der Waals surface area contributed by atoms with Gasteiger partial charge in [-0.3, -0.25) is 4.79 Å². The maximum atomic E-state index is 12.2. The molecular weight excluding hydrogens is 316 g/mol. The van der Waals surface area contributed by atoms with Crippen molar-refractivity contribution in [2.45, 2.75) is 45.4 Å². The quantitative estimate of drug-likeness (QED) is 0.373. The molecule has 5 heteroatoms. The third-order valence-corrected chi connectivity index (χ3v) is 3.92. The molecule has 0 saturated carbocycles. The van der Waals surface area contributed by atoms with Crippen molar-refractivity contribution in [3.05, 3.63) is 29.3 Å². The summed E-state index contributed by atoms with van der Waals surface area (Å²) >= 11 is 0. The van der Waals surface area contributed by atoms with E-state index >= 15 is 0 Å². The molecule has 0 atom stereocenters. The van der Waals surface area contributed by atoms with E-state index in [1.165, 1.54) is 38.9 Å². The van der Waals surface area contributed by atoms with Crippen LogP contribution in [-0.4, -0.2) is 26.7 Å². The second kappa shape index (κ2) is 12.0. The molecule has 0 aliphatic rings. The van der Waals surface area contributed by atoms with Crippen molar-refractivity contribution in [2.24, 2.45) is 0 Å². The molecule has 0 aliphatic heterocycles. The molecule has 0 spiro atoms. The van der Waals surface area contributed by atoms with E-state index in [4.69, 9.17) is 9.47 Å². The molecule has 0 unspecified atom stereocenters. The standard InChI is InChI=1S/C20H28N2O3/c1-4-5-6-7-8-9-12-22-20(23)17(15-21)13-16-10-11-18(24-2)14-19(16)25-3/h10-11,13-14H,4-9,12H2,1-3H3,(H,22,23)/b17-13-. The third kappa shape index (κ3) is 7.30. The molecule has 25 heavy (non-hydrogen) atoms. The number of unbranched alkanes of at least 4 members (excludes halogenated alkanes) is 5. The van der Waals surface area contributed by atoms with E-state index in [0.29, 0.717) is 23.6 Å². The molecule has 0 heterocycles. The number of nitrogens with one attached hydrogen (secondary N) is 1. The lowest BCUT2D eigenvalue weighted by Gasteiger charge is -2.08. The Morgan fingerprint density at radius 1 is 1.16 bits per heavy atom.